The van der Waals surface area contributed by atoms with E-state index in [1.54, 1.807) is 0 Å². The molecule has 1 aliphatic rings. The number of halogens is 1. The lowest BCUT2D eigenvalue weighted by Gasteiger charge is -2.29. The molecule has 18 heavy (non-hydrogen) atoms. The van der Waals surface area contributed by atoms with Gasteiger partial charge in [-0.3, -0.25) is 0 Å². The Morgan fingerprint density at radius 3 is 3.11 bits per heavy atom. The summed E-state index contributed by atoms with van der Waals surface area (Å²) in [6.45, 7) is 2.87. The zero-order valence-electron chi connectivity index (χ0n) is 10.3. The van der Waals surface area contributed by atoms with E-state index in [-0.39, 0.29) is 6.10 Å². The van der Waals surface area contributed by atoms with Gasteiger partial charge in [0.25, 0.3) is 0 Å². The van der Waals surface area contributed by atoms with E-state index in [1.165, 1.54) is 0 Å². The molecule has 0 spiro atoms. The van der Waals surface area contributed by atoms with Crippen LogP contribution in [0.4, 0.5) is 5.95 Å². The van der Waals surface area contributed by atoms with Crippen molar-refractivity contribution in [1.82, 2.24) is 9.55 Å². The molecule has 5 heteroatoms. The summed E-state index contributed by atoms with van der Waals surface area (Å²) in [6, 6.07) is 6.08. The molecule has 0 amide bonds. The maximum absolute atomic E-state index is 6.05. The van der Waals surface area contributed by atoms with Gasteiger partial charge in [0.05, 0.1) is 17.1 Å². The first-order chi connectivity index (χ1) is 8.65. The molecule has 1 aromatic carbocycles. The zero-order valence-corrected chi connectivity index (χ0v) is 11.0. The molecule has 1 aromatic heterocycles. The van der Waals surface area contributed by atoms with Crippen molar-refractivity contribution in [3.05, 3.63) is 23.2 Å². The SMILES string of the molecule is CC1CC(n2c(N)nc3cc(Cl)ccc32)CCO1. The maximum Gasteiger partial charge on any atom is 0.201 e. The number of hydrogen-bond acceptors (Lipinski definition) is 3. The molecule has 3 rings (SSSR count). The van der Waals surface area contributed by atoms with E-state index in [2.05, 4.69) is 16.5 Å². The number of nitrogen functional groups attached to an aromatic ring is 1. The highest BCUT2D eigenvalue weighted by atomic mass is 35.5. The topological polar surface area (TPSA) is 53.1 Å². The number of hydrogen-bond donors (Lipinski definition) is 1. The number of rotatable bonds is 1. The van der Waals surface area contributed by atoms with Crippen molar-refractivity contribution in [2.45, 2.75) is 31.9 Å². The molecule has 2 atom stereocenters. The molecule has 2 aromatic rings. The van der Waals surface area contributed by atoms with Crippen LogP contribution in [-0.2, 0) is 4.74 Å². The second-order valence-corrected chi connectivity index (χ2v) is 5.27. The Balaban J connectivity index is 2.07. The third kappa shape index (κ3) is 1.95. The highest BCUT2D eigenvalue weighted by molar-refractivity contribution is 6.31. The van der Waals surface area contributed by atoms with Crippen molar-refractivity contribution in [1.29, 1.82) is 0 Å². The van der Waals surface area contributed by atoms with E-state index in [9.17, 15) is 0 Å². The molecule has 2 heterocycles. The minimum atomic E-state index is 0.271. The summed E-state index contributed by atoms with van der Waals surface area (Å²) in [6.07, 6.45) is 2.22. The second-order valence-electron chi connectivity index (χ2n) is 4.83. The van der Waals surface area contributed by atoms with Gasteiger partial charge in [-0.2, -0.15) is 0 Å². The number of nitrogens with two attached hydrogens (primary N) is 1. The van der Waals surface area contributed by atoms with Crippen LogP contribution in [0.1, 0.15) is 25.8 Å². The Kier molecular flexibility index (Phi) is 2.92. The molecule has 1 aliphatic heterocycles. The van der Waals surface area contributed by atoms with Crippen LogP contribution in [-0.4, -0.2) is 22.3 Å². The molecule has 0 bridgehead atoms. The first kappa shape index (κ1) is 11.8. The zero-order chi connectivity index (χ0) is 12.7. The van der Waals surface area contributed by atoms with Crippen molar-refractivity contribution in [2.75, 3.05) is 12.3 Å². The third-order valence-electron chi connectivity index (χ3n) is 3.50. The average molecular weight is 266 g/mol. The van der Waals surface area contributed by atoms with E-state index in [0.717, 1.165) is 30.5 Å². The quantitative estimate of drug-likeness (QED) is 0.862. The maximum atomic E-state index is 6.05. The van der Waals surface area contributed by atoms with Crippen LogP contribution in [0.5, 0.6) is 0 Å². The summed E-state index contributed by atoms with van der Waals surface area (Å²) in [5.41, 5.74) is 7.96. The number of imidazole rings is 1. The predicted octanol–water partition coefficient (Wildman–Crippen LogP) is 3.01. The third-order valence-corrected chi connectivity index (χ3v) is 3.74. The van der Waals surface area contributed by atoms with Crippen LogP contribution in [0.3, 0.4) is 0 Å². The molecule has 4 nitrogen and oxygen atoms in total. The highest BCUT2D eigenvalue weighted by Gasteiger charge is 2.24. The number of anilines is 1. The summed E-state index contributed by atoms with van der Waals surface area (Å²) >= 11 is 5.98. The largest absolute Gasteiger partial charge is 0.378 e. The molecule has 2 unspecified atom stereocenters. The first-order valence-electron chi connectivity index (χ1n) is 6.19. The fourth-order valence-electron chi connectivity index (χ4n) is 2.68. The van der Waals surface area contributed by atoms with Gasteiger partial charge >= 0.3 is 0 Å². The highest BCUT2D eigenvalue weighted by Crippen LogP contribution is 2.32. The van der Waals surface area contributed by atoms with Crippen LogP contribution in [0.25, 0.3) is 11.0 Å². The van der Waals surface area contributed by atoms with E-state index >= 15 is 0 Å². The van der Waals surface area contributed by atoms with Gasteiger partial charge < -0.3 is 15.0 Å². The van der Waals surface area contributed by atoms with E-state index in [0.29, 0.717) is 17.0 Å². The van der Waals surface area contributed by atoms with E-state index < -0.39 is 0 Å². The summed E-state index contributed by atoms with van der Waals surface area (Å²) in [4.78, 5) is 4.39. The van der Waals surface area contributed by atoms with Gasteiger partial charge in [0, 0.05) is 17.7 Å². The summed E-state index contributed by atoms with van der Waals surface area (Å²) < 4.78 is 7.70. The Morgan fingerprint density at radius 2 is 2.33 bits per heavy atom. The number of aromatic nitrogens is 2. The fourth-order valence-corrected chi connectivity index (χ4v) is 2.85. The van der Waals surface area contributed by atoms with Crippen LogP contribution in [0.15, 0.2) is 18.2 Å². The van der Waals surface area contributed by atoms with Crippen LogP contribution in [0, 0.1) is 0 Å². The molecule has 0 aliphatic carbocycles. The minimum Gasteiger partial charge on any atom is -0.378 e. The van der Waals surface area contributed by atoms with Crippen molar-refractivity contribution < 1.29 is 4.74 Å². The summed E-state index contributed by atoms with van der Waals surface area (Å²) in [5.74, 6) is 0.561. The molecular weight excluding hydrogens is 250 g/mol. The number of fused-ring (bicyclic) bond motifs is 1. The fraction of sp³-hybridized carbons (Fsp3) is 0.462. The van der Waals surface area contributed by atoms with Crippen LogP contribution in [0.2, 0.25) is 5.02 Å². The number of benzene rings is 1. The number of ether oxygens (including phenoxy) is 1. The van der Waals surface area contributed by atoms with Gasteiger partial charge in [0.15, 0.2) is 0 Å². The van der Waals surface area contributed by atoms with Crippen molar-refractivity contribution in [2.24, 2.45) is 0 Å². The molecule has 0 saturated carbocycles. The molecule has 2 N–H and O–H groups in total. The van der Waals surface area contributed by atoms with Gasteiger partial charge in [-0.05, 0) is 38.0 Å². The smallest absolute Gasteiger partial charge is 0.201 e. The van der Waals surface area contributed by atoms with Crippen molar-refractivity contribution in [3.8, 4) is 0 Å². The average Bonchev–Trinajstić information content (AvgIpc) is 2.64. The van der Waals surface area contributed by atoms with Crippen molar-refractivity contribution >= 4 is 28.6 Å². The molecule has 0 radical (unpaired) electrons. The van der Waals surface area contributed by atoms with Gasteiger partial charge in [0.1, 0.15) is 0 Å². The molecular formula is C13H16ClN3O. The second kappa shape index (κ2) is 4.44. The van der Waals surface area contributed by atoms with E-state index in [1.807, 2.05) is 18.2 Å². The number of nitrogens with zero attached hydrogens (tertiary/aromatic N) is 2. The van der Waals surface area contributed by atoms with Crippen molar-refractivity contribution in [3.63, 3.8) is 0 Å². The monoisotopic (exact) mass is 265 g/mol. The van der Waals surface area contributed by atoms with Gasteiger partial charge in [-0.1, -0.05) is 11.6 Å². The Labute approximate surface area is 111 Å². The summed E-state index contributed by atoms with van der Waals surface area (Å²) in [7, 11) is 0. The summed E-state index contributed by atoms with van der Waals surface area (Å²) in [5, 5.41) is 0.687. The van der Waals surface area contributed by atoms with Crippen LogP contribution >= 0.6 is 11.6 Å². The molecule has 96 valence electrons. The van der Waals surface area contributed by atoms with E-state index in [4.69, 9.17) is 22.1 Å². The van der Waals surface area contributed by atoms with Gasteiger partial charge in [0.2, 0.25) is 5.95 Å². The Bertz CT molecular complexity index is 581. The minimum absolute atomic E-state index is 0.271. The Morgan fingerprint density at radius 1 is 1.50 bits per heavy atom. The lowest BCUT2D eigenvalue weighted by Crippen LogP contribution is -2.26. The molecule has 1 saturated heterocycles. The standard InChI is InChI=1S/C13H16ClN3O/c1-8-6-10(4-5-18-8)17-12-3-2-9(14)7-11(12)16-13(17)15/h2-3,7-8,10H,4-6H2,1H3,(H2,15,16). The Hall–Kier alpha value is -1.26. The van der Waals surface area contributed by atoms with Gasteiger partial charge in [-0.15, -0.1) is 0 Å². The van der Waals surface area contributed by atoms with Gasteiger partial charge in [-0.25, -0.2) is 4.98 Å². The predicted molar refractivity (Wildman–Crippen MR) is 72.8 cm³/mol. The van der Waals surface area contributed by atoms with Crippen LogP contribution < -0.4 is 5.73 Å². The normalized spacial score (nSPS) is 24.6. The lowest BCUT2D eigenvalue weighted by atomic mass is 10.0. The lowest BCUT2D eigenvalue weighted by molar-refractivity contribution is 0.00714. The first-order valence-corrected chi connectivity index (χ1v) is 6.57. The molecule has 1 fully saturated rings.